The van der Waals surface area contributed by atoms with Crippen LogP contribution in [0.5, 0.6) is 0 Å². The van der Waals surface area contributed by atoms with E-state index in [-0.39, 0.29) is 11.4 Å². The van der Waals surface area contributed by atoms with Crippen LogP contribution in [0.1, 0.15) is 18.0 Å². The van der Waals surface area contributed by atoms with Crippen LogP contribution in [0, 0.1) is 0 Å². The number of nitrogens with zero attached hydrogens (tertiary/aromatic N) is 3. The van der Waals surface area contributed by atoms with Crippen LogP contribution in [-0.4, -0.2) is 11.1 Å². The summed E-state index contributed by atoms with van der Waals surface area (Å²) >= 11 is 11.6. The summed E-state index contributed by atoms with van der Waals surface area (Å²) in [6, 6.07) is 3.75. The van der Waals surface area contributed by atoms with Crippen molar-refractivity contribution in [2.75, 3.05) is 0 Å². The number of hydrogen-bond donors (Lipinski definition) is 1. The topological polar surface area (TPSA) is 86.1 Å². The fourth-order valence-corrected chi connectivity index (χ4v) is 1.75. The van der Waals surface area contributed by atoms with E-state index >= 15 is 0 Å². The van der Waals surface area contributed by atoms with Gasteiger partial charge in [0.2, 0.25) is 0 Å². The number of aliphatic carboxylic acids is 1. The highest BCUT2D eigenvalue weighted by molar-refractivity contribution is 6.35. The van der Waals surface area contributed by atoms with E-state index in [4.69, 9.17) is 33.8 Å². The zero-order chi connectivity index (χ0) is 12.1. The van der Waals surface area contributed by atoms with E-state index < -0.39 is 12.0 Å². The largest absolute Gasteiger partial charge is 0.481 e. The number of azide groups is 1. The van der Waals surface area contributed by atoms with Crippen molar-refractivity contribution in [2.45, 2.75) is 12.5 Å². The number of carboxylic acid groups (broad SMARTS) is 1. The van der Waals surface area contributed by atoms with E-state index in [9.17, 15) is 4.79 Å². The summed E-state index contributed by atoms with van der Waals surface area (Å²) in [5.41, 5.74) is 8.80. The first-order valence-corrected chi connectivity index (χ1v) is 5.01. The van der Waals surface area contributed by atoms with Crippen LogP contribution in [0.2, 0.25) is 10.0 Å². The molecule has 1 N–H and O–H groups in total. The lowest BCUT2D eigenvalue weighted by molar-refractivity contribution is -0.137. The molecule has 0 fully saturated rings. The molecular formula is C9H7Cl2N3O2. The Morgan fingerprint density at radius 1 is 1.56 bits per heavy atom. The number of hydrogen-bond acceptors (Lipinski definition) is 2. The van der Waals surface area contributed by atoms with E-state index in [1.54, 1.807) is 12.1 Å². The minimum Gasteiger partial charge on any atom is -0.481 e. The van der Waals surface area contributed by atoms with Gasteiger partial charge in [0.1, 0.15) is 0 Å². The smallest absolute Gasteiger partial charge is 0.304 e. The highest BCUT2D eigenvalue weighted by atomic mass is 35.5. The quantitative estimate of drug-likeness (QED) is 0.506. The van der Waals surface area contributed by atoms with Crippen LogP contribution in [0.15, 0.2) is 23.3 Å². The van der Waals surface area contributed by atoms with Gasteiger partial charge in [0.15, 0.2) is 0 Å². The molecule has 0 aliphatic rings. The molecule has 1 aromatic rings. The standard InChI is InChI=1S/C9H7Cl2N3O2/c10-5-1-2-6(7(11)3-5)8(13-14-12)4-9(15)16/h1-3,8H,4H2,(H,15,16). The summed E-state index contributed by atoms with van der Waals surface area (Å²) < 4.78 is 0. The van der Waals surface area contributed by atoms with E-state index in [1.165, 1.54) is 6.07 Å². The Morgan fingerprint density at radius 2 is 2.25 bits per heavy atom. The molecular weight excluding hydrogens is 253 g/mol. The Labute approximate surface area is 101 Å². The Morgan fingerprint density at radius 3 is 2.75 bits per heavy atom. The lowest BCUT2D eigenvalue weighted by Gasteiger charge is -2.10. The average Bonchev–Trinajstić information content (AvgIpc) is 2.16. The van der Waals surface area contributed by atoms with Gasteiger partial charge in [-0.15, -0.1) is 0 Å². The SMILES string of the molecule is [N-]=[N+]=NC(CC(=O)O)c1ccc(Cl)cc1Cl. The van der Waals surface area contributed by atoms with Crippen molar-refractivity contribution in [1.29, 1.82) is 0 Å². The minimum absolute atomic E-state index is 0.283. The Hall–Kier alpha value is -1.42. The third kappa shape index (κ3) is 3.31. The highest BCUT2D eigenvalue weighted by Gasteiger charge is 2.16. The van der Waals surface area contributed by atoms with Gasteiger partial charge in [0.05, 0.1) is 12.5 Å². The van der Waals surface area contributed by atoms with Gasteiger partial charge in [0.25, 0.3) is 0 Å². The van der Waals surface area contributed by atoms with Gasteiger partial charge in [-0.3, -0.25) is 4.79 Å². The van der Waals surface area contributed by atoms with Crippen LogP contribution < -0.4 is 0 Å². The predicted molar refractivity (Wildman–Crippen MR) is 60.6 cm³/mol. The molecule has 0 aliphatic carbocycles. The van der Waals surface area contributed by atoms with Gasteiger partial charge in [-0.05, 0) is 23.2 Å². The van der Waals surface area contributed by atoms with Crippen molar-refractivity contribution in [2.24, 2.45) is 5.11 Å². The van der Waals surface area contributed by atoms with Gasteiger partial charge in [-0.25, -0.2) is 0 Å². The molecule has 0 saturated heterocycles. The summed E-state index contributed by atoms with van der Waals surface area (Å²) in [6.07, 6.45) is -0.314. The first-order valence-electron chi connectivity index (χ1n) is 4.25. The third-order valence-corrected chi connectivity index (χ3v) is 2.44. The normalized spacial score (nSPS) is 11.6. The van der Waals surface area contributed by atoms with Gasteiger partial charge >= 0.3 is 5.97 Å². The molecule has 0 saturated carbocycles. The van der Waals surface area contributed by atoms with E-state index in [1.807, 2.05) is 0 Å². The van der Waals surface area contributed by atoms with Crippen molar-refractivity contribution in [3.05, 3.63) is 44.3 Å². The molecule has 84 valence electrons. The molecule has 0 aliphatic heterocycles. The molecule has 1 rings (SSSR count). The molecule has 0 aromatic heterocycles. The third-order valence-electron chi connectivity index (χ3n) is 1.88. The summed E-state index contributed by atoms with van der Waals surface area (Å²) in [6.45, 7) is 0. The van der Waals surface area contributed by atoms with Crippen molar-refractivity contribution in [1.82, 2.24) is 0 Å². The molecule has 1 unspecified atom stereocenters. The van der Waals surface area contributed by atoms with E-state index in [0.29, 0.717) is 10.6 Å². The molecule has 5 nitrogen and oxygen atoms in total. The monoisotopic (exact) mass is 259 g/mol. The van der Waals surface area contributed by atoms with Crippen LogP contribution in [0.3, 0.4) is 0 Å². The van der Waals surface area contributed by atoms with E-state index in [2.05, 4.69) is 10.0 Å². The molecule has 0 amide bonds. The van der Waals surface area contributed by atoms with Crippen molar-refractivity contribution >= 4 is 29.2 Å². The zero-order valence-electron chi connectivity index (χ0n) is 7.97. The van der Waals surface area contributed by atoms with Gasteiger partial charge in [-0.1, -0.05) is 34.4 Å². The fourth-order valence-electron chi connectivity index (χ4n) is 1.21. The first-order chi connectivity index (χ1) is 7.54. The second-order valence-corrected chi connectivity index (χ2v) is 3.83. The average molecular weight is 260 g/mol. The van der Waals surface area contributed by atoms with Gasteiger partial charge in [-0.2, -0.15) is 0 Å². The van der Waals surface area contributed by atoms with Crippen LogP contribution in [0.25, 0.3) is 10.4 Å². The van der Waals surface area contributed by atoms with Crippen LogP contribution >= 0.6 is 23.2 Å². The number of halogens is 2. The lowest BCUT2D eigenvalue weighted by atomic mass is 10.0. The van der Waals surface area contributed by atoms with Crippen molar-refractivity contribution < 1.29 is 9.90 Å². The summed E-state index contributed by atoms with van der Waals surface area (Å²) in [4.78, 5) is 13.2. The zero-order valence-corrected chi connectivity index (χ0v) is 9.48. The van der Waals surface area contributed by atoms with Gasteiger partial charge < -0.3 is 5.11 Å². The fraction of sp³-hybridized carbons (Fsp3) is 0.222. The van der Waals surface area contributed by atoms with Crippen LogP contribution in [0.4, 0.5) is 0 Å². The molecule has 0 heterocycles. The summed E-state index contributed by atoms with van der Waals surface area (Å²) in [5, 5.41) is 12.8. The molecule has 16 heavy (non-hydrogen) atoms. The van der Waals surface area contributed by atoms with Crippen molar-refractivity contribution in [3.8, 4) is 0 Å². The number of carboxylic acids is 1. The molecule has 1 atom stereocenters. The molecule has 7 heteroatoms. The second-order valence-electron chi connectivity index (χ2n) is 2.98. The molecule has 1 aromatic carbocycles. The predicted octanol–water partition coefficient (Wildman–Crippen LogP) is 3.82. The maximum Gasteiger partial charge on any atom is 0.304 e. The van der Waals surface area contributed by atoms with Gasteiger partial charge in [0, 0.05) is 15.0 Å². The van der Waals surface area contributed by atoms with Crippen LogP contribution in [-0.2, 0) is 4.79 Å². The Kier molecular flexibility index (Phi) is 4.43. The number of benzene rings is 1. The molecule has 0 radical (unpaired) electrons. The molecule has 0 spiro atoms. The second kappa shape index (κ2) is 5.61. The summed E-state index contributed by atoms with van der Waals surface area (Å²) in [5.74, 6) is -1.07. The lowest BCUT2D eigenvalue weighted by Crippen LogP contribution is -2.04. The Bertz CT molecular complexity index is 458. The van der Waals surface area contributed by atoms with E-state index in [0.717, 1.165) is 0 Å². The maximum atomic E-state index is 10.6. The molecule has 0 bridgehead atoms. The summed E-state index contributed by atoms with van der Waals surface area (Å²) in [7, 11) is 0. The first kappa shape index (κ1) is 12.6. The minimum atomic E-state index is -1.07. The highest BCUT2D eigenvalue weighted by Crippen LogP contribution is 2.30. The van der Waals surface area contributed by atoms with Crippen molar-refractivity contribution in [3.63, 3.8) is 0 Å². The maximum absolute atomic E-state index is 10.6. The number of rotatable bonds is 4. The Balaban J connectivity index is 3.10. The number of carbonyl (C=O) groups is 1.